The summed E-state index contributed by atoms with van der Waals surface area (Å²) in [6.45, 7) is 0.922. The Morgan fingerprint density at radius 2 is 1.76 bits per heavy atom. The molecule has 1 saturated carbocycles. The molecule has 1 aliphatic heterocycles. The Kier molecular flexibility index (Phi) is 5.68. The topological polar surface area (TPSA) is 121 Å². The minimum absolute atomic E-state index is 0.0527. The van der Waals surface area contributed by atoms with Crippen LogP contribution in [0.15, 0.2) is 48.5 Å². The fourth-order valence-electron chi connectivity index (χ4n) is 4.41. The number of para-hydroxylation sites is 1. The number of esters is 1. The van der Waals surface area contributed by atoms with Crippen molar-refractivity contribution >= 4 is 23.6 Å². The van der Waals surface area contributed by atoms with Crippen molar-refractivity contribution in [2.24, 2.45) is 0 Å². The molecular formula is C24H25N5O4. The SMILES string of the molecule is Nc1nc(COC(=O)C2(c3ccc4c(c3)OCCO4)CCCC2)nc(Nc2ccccc2)n1. The van der Waals surface area contributed by atoms with Gasteiger partial charge in [0, 0.05) is 5.69 Å². The lowest BCUT2D eigenvalue weighted by molar-refractivity contribution is -0.152. The van der Waals surface area contributed by atoms with Gasteiger partial charge in [0.05, 0.1) is 5.41 Å². The van der Waals surface area contributed by atoms with Crippen LogP contribution < -0.4 is 20.5 Å². The van der Waals surface area contributed by atoms with Crippen LogP contribution in [0.2, 0.25) is 0 Å². The number of nitrogens with zero attached hydrogens (tertiary/aromatic N) is 3. The maximum Gasteiger partial charge on any atom is 0.317 e. The first-order valence-corrected chi connectivity index (χ1v) is 11.0. The Balaban J connectivity index is 1.33. The standard InChI is InChI=1S/C24H25N5O4/c25-22-27-20(28-23(29-22)26-17-6-2-1-3-7-17)15-33-21(30)24(10-4-5-11-24)16-8-9-18-19(14-16)32-13-12-31-18/h1-3,6-9,14H,4-5,10-13,15H2,(H3,25,26,27,28,29). The molecule has 170 valence electrons. The van der Waals surface area contributed by atoms with Crippen LogP contribution in [0.25, 0.3) is 0 Å². The first-order valence-electron chi connectivity index (χ1n) is 11.0. The molecule has 2 aliphatic rings. The lowest BCUT2D eigenvalue weighted by Gasteiger charge is -2.28. The number of fused-ring (bicyclic) bond motifs is 1. The van der Waals surface area contributed by atoms with Crippen molar-refractivity contribution in [3.63, 3.8) is 0 Å². The van der Waals surface area contributed by atoms with Gasteiger partial charge >= 0.3 is 5.97 Å². The minimum atomic E-state index is -0.723. The Morgan fingerprint density at radius 1 is 1.00 bits per heavy atom. The van der Waals surface area contributed by atoms with Crippen molar-refractivity contribution in [1.29, 1.82) is 0 Å². The van der Waals surface area contributed by atoms with Gasteiger partial charge in [0.25, 0.3) is 0 Å². The number of hydrogen-bond donors (Lipinski definition) is 2. The number of carbonyl (C=O) groups is 1. The highest BCUT2D eigenvalue weighted by atomic mass is 16.6. The fourth-order valence-corrected chi connectivity index (χ4v) is 4.41. The summed E-state index contributed by atoms with van der Waals surface area (Å²) in [4.78, 5) is 26.0. The molecular weight excluding hydrogens is 422 g/mol. The largest absolute Gasteiger partial charge is 0.486 e. The fraction of sp³-hybridized carbons (Fsp3) is 0.333. The molecule has 9 nitrogen and oxygen atoms in total. The van der Waals surface area contributed by atoms with Crippen LogP contribution in [-0.2, 0) is 21.6 Å². The normalized spacial score (nSPS) is 16.2. The summed E-state index contributed by atoms with van der Waals surface area (Å²) in [6, 6.07) is 15.2. The second-order valence-corrected chi connectivity index (χ2v) is 8.15. The van der Waals surface area contributed by atoms with E-state index in [1.807, 2.05) is 48.5 Å². The number of benzene rings is 2. The summed E-state index contributed by atoms with van der Waals surface area (Å²) in [5, 5.41) is 3.08. The Bertz CT molecular complexity index is 1150. The third-order valence-corrected chi connectivity index (χ3v) is 6.00. The molecule has 3 N–H and O–H groups in total. The molecule has 0 spiro atoms. The Hall–Kier alpha value is -3.88. The summed E-state index contributed by atoms with van der Waals surface area (Å²) in [5.74, 6) is 1.70. The molecule has 33 heavy (non-hydrogen) atoms. The van der Waals surface area contributed by atoms with Gasteiger partial charge in [-0.1, -0.05) is 37.1 Å². The Morgan fingerprint density at radius 3 is 2.55 bits per heavy atom. The van der Waals surface area contributed by atoms with Crippen LogP contribution in [0.1, 0.15) is 37.1 Å². The number of anilines is 3. The first kappa shape index (κ1) is 21.0. The van der Waals surface area contributed by atoms with E-state index in [0.717, 1.165) is 24.1 Å². The molecule has 0 radical (unpaired) electrons. The molecule has 2 aromatic carbocycles. The first-order chi connectivity index (χ1) is 16.1. The molecule has 9 heteroatoms. The lowest BCUT2D eigenvalue weighted by Crippen LogP contribution is -2.35. The second-order valence-electron chi connectivity index (χ2n) is 8.15. The molecule has 5 rings (SSSR count). The predicted octanol–water partition coefficient (Wildman–Crippen LogP) is 3.52. The third-order valence-electron chi connectivity index (χ3n) is 6.00. The van der Waals surface area contributed by atoms with Crippen LogP contribution >= 0.6 is 0 Å². The zero-order valence-corrected chi connectivity index (χ0v) is 18.1. The highest BCUT2D eigenvalue weighted by Crippen LogP contribution is 2.45. The zero-order valence-electron chi connectivity index (χ0n) is 18.1. The second kappa shape index (κ2) is 8.93. The molecule has 1 aliphatic carbocycles. The van der Waals surface area contributed by atoms with E-state index in [9.17, 15) is 4.79 Å². The summed E-state index contributed by atoms with van der Waals surface area (Å²) in [6.07, 6.45) is 3.33. The number of nitrogens with two attached hydrogens (primary N) is 1. The highest BCUT2D eigenvalue weighted by molar-refractivity contribution is 5.84. The molecule has 2 heterocycles. The molecule has 0 atom stereocenters. The van der Waals surface area contributed by atoms with Gasteiger partial charge < -0.3 is 25.3 Å². The Labute approximate surface area is 191 Å². The third kappa shape index (κ3) is 4.39. The van der Waals surface area contributed by atoms with Crippen molar-refractivity contribution in [1.82, 2.24) is 15.0 Å². The van der Waals surface area contributed by atoms with Crippen LogP contribution in [0.4, 0.5) is 17.6 Å². The molecule has 3 aromatic rings. The summed E-state index contributed by atoms with van der Waals surface area (Å²) >= 11 is 0. The number of nitrogens with one attached hydrogen (secondary N) is 1. The zero-order chi connectivity index (χ0) is 22.7. The van der Waals surface area contributed by atoms with E-state index >= 15 is 0 Å². The van der Waals surface area contributed by atoms with Crippen LogP contribution in [0.5, 0.6) is 11.5 Å². The molecule has 0 bridgehead atoms. The minimum Gasteiger partial charge on any atom is -0.486 e. The van der Waals surface area contributed by atoms with E-state index in [1.54, 1.807) is 0 Å². The smallest absolute Gasteiger partial charge is 0.317 e. The van der Waals surface area contributed by atoms with Gasteiger partial charge in [-0.15, -0.1) is 0 Å². The number of rotatable bonds is 6. The van der Waals surface area contributed by atoms with E-state index in [1.165, 1.54) is 0 Å². The van der Waals surface area contributed by atoms with E-state index in [-0.39, 0.29) is 24.3 Å². The average molecular weight is 447 g/mol. The maximum absolute atomic E-state index is 13.4. The van der Waals surface area contributed by atoms with Crippen molar-refractivity contribution in [2.45, 2.75) is 37.7 Å². The van der Waals surface area contributed by atoms with E-state index in [4.69, 9.17) is 19.9 Å². The van der Waals surface area contributed by atoms with Gasteiger partial charge in [0.1, 0.15) is 13.2 Å². The predicted molar refractivity (Wildman–Crippen MR) is 121 cm³/mol. The van der Waals surface area contributed by atoms with Gasteiger partial charge in [-0.25, -0.2) is 0 Å². The monoisotopic (exact) mass is 447 g/mol. The van der Waals surface area contributed by atoms with E-state index in [2.05, 4.69) is 20.3 Å². The van der Waals surface area contributed by atoms with Gasteiger partial charge in [0.2, 0.25) is 11.9 Å². The number of aromatic nitrogens is 3. The van der Waals surface area contributed by atoms with Gasteiger partial charge in [-0.3, -0.25) is 4.79 Å². The van der Waals surface area contributed by atoms with E-state index in [0.29, 0.717) is 43.5 Å². The summed E-state index contributed by atoms with van der Waals surface area (Å²) < 4.78 is 17.1. The highest BCUT2D eigenvalue weighted by Gasteiger charge is 2.44. The summed E-state index contributed by atoms with van der Waals surface area (Å²) in [5.41, 5.74) is 6.83. The van der Waals surface area contributed by atoms with Gasteiger partial charge in [-0.2, -0.15) is 15.0 Å². The lowest BCUT2D eigenvalue weighted by atomic mass is 9.78. The summed E-state index contributed by atoms with van der Waals surface area (Å²) in [7, 11) is 0. The quantitative estimate of drug-likeness (QED) is 0.547. The number of hydrogen-bond acceptors (Lipinski definition) is 9. The van der Waals surface area contributed by atoms with Gasteiger partial charge in [-0.05, 0) is 42.7 Å². The van der Waals surface area contributed by atoms with Crippen molar-refractivity contribution in [3.05, 3.63) is 59.9 Å². The molecule has 1 fully saturated rings. The molecule has 0 saturated heterocycles. The van der Waals surface area contributed by atoms with Crippen LogP contribution in [-0.4, -0.2) is 34.1 Å². The molecule has 0 unspecified atom stereocenters. The van der Waals surface area contributed by atoms with Crippen LogP contribution in [0.3, 0.4) is 0 Å². The number of nitrogen functional groups attached to an aromatic ring is 1. The average Bonchev–Trinajstić information content (AvgIpc) is 3.34. The maximum atomic E-state index is 13.4. The van der Waals surface area contributed by atoms with Crippen molar-refractivity contribution in [3.8, 4) is 11.5 Å². The molecule has 1 aromatic heterocycles. The van der Waals surface area contributed by atoms with E-state index < -0.39 is 5.41 Å². The molecule has 0 amide bonds. The van der Waals surface area contributed by atoms with Gasteiger partial charge in [0.15, 0.2) is 23.9 Å². The van der Waals surface area contributed by atoms with Crippen molar-refractivity contribution in [2.75, 3.05) is 24.3 Å². The van der Waals surface area contributed by atoms with Crippen molar-refractivity contribution < 1.29 is 19.0 Å². The van der Waals surface area contributed by atoms with Crippen LogP contribution in [0, 0.1) is 0 Å². The number of ether oxygens (including phenoxy) is 3. The number of carbonyl (C=O) groups excluding carboxylic acids is 1.